The maximum atomic E-state index is 11.9. The molecule has 4 heterocycles. The molecular weight excluding hydrogens is 472 g/mol. The van der Waals surface area contributed by atoms with Crippen LogP contribution in [0.25, 0.3) is 0 Å². The quantitative estimate of drug-likeness (QED) is 0.354. The zero-order valence-electron chi connectivity index (χ0n) is 19.7. The summed E-state index contributed by atoms with van der Waals surface area (Å²) in [7, 11) is 1.49. The van der Waals surface area contributed by atoms with Crippen molar-refractivity contribution in [2.24, 2.45) is 0 Å². The number of pyridine rings is 2. The monoisotopic (exact) mass is 498 g/mol. The van der Waals surface area contributed by atoms with Crippen LogP contribution in [0, 0.1) is 0 Å². The fourth-order valence-electron chi connectivity index (χ4n) is 4.47. The average molecular weight is 499 g/mol. The molecule has 182 valence electrons. The molecule has 0 spiro atoms. The summed E-state index contributed by atoms with van der Waals surface area (Å²) in [6.45, 7) is 0.642. The summed E-state index contributed by atoms with van der Waals surface area (Å²) < 4.78 is 7.10. The Balaban J connectivity index is 1.51. The van der Waals surface area contributed by atoms with Crippen molar-refractivity contribution in [2.45, 2.75) is 18.6 Å². The minimum atomic E-state index is -0.205. The first kappa shape index (κ1) is 23.7. The maximum Gasteiger partial charge on any atom is 0.250 e. The average Bonchev–Trinajstić information content (AvgIpc) is 3.49. The van der Waals surface area contributed by atoms with Gasteiger partial charge in [0.1, 0.15) is 12.6 Å². The molecule has 2 N–H and O–H groups in total. The summed E-state index contributed by atoms with van der Waals surface area (Å²) >= 11 is 5.84. The lowest BCUT2D eigenvalue weighted by Gasteiger charge is -2.29. The van der Waals surface area contributed by atoms with E-state index in [0.29, 0.717) is 17.3 Å². The van der Waals surface area contributed by atoms with E-state index in [0.717, 1.165) is 22.8 Å². The van der Waals surface area contributed by atoms with Gasteiger partial charge in [-0.15, -0.1) is 0 Å². The Morgan fingerprint density at radius 1 is 1.03 bits per heavy atom. The van der Waals surface area contributed by atoms with Crippen molar-refractivity contribution in [3.63, 3.8) is 0 Å². The minimum Gasteiger partial charge on any atom is -0.375 e. The normalized spacial score (nSPS) is 17.1. The van der Waals surface area contributed by atoms with Gasteiger partial charge < -0.3 is 24.8 Å². The summed E-state index contributed by atoms with van der Waals surface area (Å²) in [5, 5.41) is 6.93. The maximum absolute atomic E-state index is 11.9. The molecule has 1 amide bonds. The molecule has 1 saturated heterocycles. The molecule has 36 heavy (non-hydrogen) atoms. The van der Waals surface area contributed by atoms with E-state index in [1.165, 1.54) is 7.11 Å². The number of carbonyl (C=O) groups excluding carboxylic acids is 1. The Morgan fingerprint density at radius 2 is 1.81 bits per heavy atom. The van der Waals surface area contributed by atoms with E-state index in [4.69, 9.17) is 17.0 Å². The standard InChI is InChI=1S/C27H26N6O2S/c1-35-18-24(34)30-19-10-12-21(13-11-19)33-26(25(31-27(33)36)22-8-3-5-15-29-22)23-9-6-16-32(23)17-20-7-2-4-14-28-20/h2-16,25-26H,17-18H2,1H3,(H,30,34)(H,31,36)/t25-,26-/m1/s1. The van der Waals surface area contributed by atoms with E-state index in [1.807, 2.05) is 66.7 Å². The van der Waals surface area contributed by atoms with Crippen molar-refractivity contribution in [3.05, 3.63) is 108 Å². The van der Waals surface area contributed by atoms with Crippen LogP contribution in [0.3, 0.4) is 0 Å². The van der Waals surface area contributed by atoms with Gasteiger partial charge in [-0.25, -0.2) is 0 Å². The van der Waals surface area contributed by atoms with Gasteiger partial charge in [-0.3, -0.25) is 14.8 Å². The summed E-state index contributed by atoms with van der Waals surface area (Å²) in [5.74, 6) is -0.205. The Hall–Kier alpha value is -4.08. The van der Waals surface area contributed by atoms with Gasteiger partial charge in [-0.1, -0.05) is 12.1 Å². The number of nitrogens with zero attached hydrogens (tertiary/aromatic N) is 4. The molecule has 8 nitrogen and oxygen atoms in total. The topological polar surface area (TPSA) is 84.3 Å². The third-order valence-electron chi connectivity index (χ3n) is 6.03. The number of anilines is 2. The van der Waals surface area contributed by atoms with Crippen molar-refractivity contribution < 1.29 is 9.53 Å². The molecule has 1 aliphatic rings. The number of aromatic nitrogens is 3. The van der Waals surface area contributed by atoms with Crippen LogP contribution in [0.1, 0.15) is 29.2 Å². The van der Waals surface area contributed by atoms with Crippen LogP contribution in [-0.2, 0) is 16.1 Å². The van der Waals surface area contributed by atoms with Crippen LogP contribution >= 0.6 is 12.2 Å². The SMILES string of the molecule is COCC(=O)Nc1ccc(N2C(=S)N[C@H](c3ccccn3)[C@H]2c2cccn2Cc2ccccn2)cc1. The summed E-state index contributed by atoms with van der Waals surface area (Å²) in [5.41, 5.74) is 4.56. The van der Waals surface area contributed by atoms with E-state index in [2.05, 4.69) is 42.3 Å². The third kappa shape index (κ3) is 4.98. The lowest BCUT2D eigenvalue weighted by molar-refractivity contribution is -0.119. The number of carbonyl (C=O) groups is 1. The van der Waals surface area contributed by atoms with Gasteiger partial charge in [-0.2, -0.15) is 0 Å². The second-order valence-corrected chi connectivity index (χ2v) is 8.79. The zero-order chi connectivity index (χ0) is 24.9. The van der Waals surface area contributed by atoms with Gasteiger partial charge in [-0.05, 0) is 72.9 Å². The van der Waals surface area contributed by atoms with Gasteiger partial charge in [0.15, 0.2) is 5.11 Å². The molecule has 0 radical (unpaired) electrons. The molecular formula is C27H26N6O2S. The first-order chi connectivity index (χ1) is 17.6. The second-order valence-electron chi connectivity index (χ2n) is 8.41. The lowest BCUT2D eigenvalue weighted by atomic mass is 10.0. The van der Waals surface area contributed by atoms with Crippen LogP contribution < -0.4 is 15.5 Å². The van der Waals surface area contributed by atoms with E-state index >= 15 is 0 Å². The van der Waals surface area contributed by atoms with Crippen molar-refractivity contribution in [3.8, 4) is 0 Å². The summed E-state index contributed by atoms with van der Waals surface area (Å²) in [6.07, 6.45) is 5.67. The predicted molar refractivity (Wildman–Crippen MR) is 143 cm³/mol. The molecule has 9 heteroatoms. The minimum absolute atomic E-state index is 0.00295. The highest BCUT2D eigenvalue weighted by Gasteiger charge is 2.42. The molecule has 2 atom stereocenters. The zero-order valence-corrected chi connectivity index (χ0v) is 20.6. The van der Waals surface area contributed by atoms with Crippen LogP contribution in [0.4, 0.5) is 11.4 Å². The van der Waals surface area contributed by atoms with Gasteiger partial charge in [0.25, 0.3) is 0 Å². The Morgan fingerprint density at radius 3 is 2.50 bits per heavy atom. The number of rotatable bonds is 8. The number of ether oxygens (including phenoxy) is 1. The number of nitrogens with one attached hydrogen (secondary N) is 2. The molecule has 0 aliphatic carbocycles. The number of amides is 1. The van der Waals surface area contributed by atoms with Gasteiger partial charge >= 0.3 is 0 Å². The van der Waals surface area contributed by atoms with Crippen LogP contribution in [0.15, 0.2) is 91.4 Å². The molecule has 1 aromatic carbocycles. The third-order valence-corrected chi connectivity index (χ3v) is 6.34. The van der Waals surface area contributed by atoms with Gasteiger partial charge in [0, 0.05) is 42.8 Å². The lowest BCUT2D eigenvalue weighted by Crippen LogP contribution is -2.30. The fourth-order valence-corrected chi connectivity index (χ4v) is 4.82. The molecule has 0 bridgehead atoms. The number of benzene rings is 1. The van der Waals surface area contributed by atoms with E-state index in [9.17, 15) is 4.79 Å². The first-order valence-corrected chi connectivity index (χ1v) is 12.0. The van der Waals surface area contributed by atoms with Crippen LogP contribution in [0.5, 0.6) is 0 Å². The number of hydrogen-bond acceptors (Lipinski definition) is 5. The van der Waals surface area contributed by atoms with Gasteiger partial charge in [0.05, 0.1) is 24.0 Å². The van der Waals surface area contributed by atoms with Gasteiger partial charge in [0.2, 0.25) is 5.91 Å². The number of hydrogen-bond donors (Lipinski definition) is 2. The van der Waals surface area contributed by atoms with Crippen molar-refractivity contribution >= 4 is 34.6 Å². The van der Waals surface area contributed by atoms with Crippen LogP contribution in [0.2, 0.25) is 0 Å². The molecule has 0 saturated carbocycles. The highest BCUT2D eigenvalue weighted by atomic mass is 32.1. The molecule has 0 unspecified atom stereocenters. The highest BCUT2D eigenvalue weighted by molar-refractivity contribution is 7.80. The summed E-state index contributed by atoms with van der Waals surface area (Å²) in [4.78, 5) is 23.2. The van der Waals surface area contributed by atoms with Crippen LogP contribution in [-0.4, -0.2) is 39.3 Å². The number of methoxy groups -OCH3 is 1. The molecule has 1 fully saturated rings. The summed E-state index contributed by atoms with van der Waals surface area (Å²) in [6, 6.07) is 23.3. The first-order valence-electron chi connectivity index (χ1n) is 11.6. The Kier molecular flexibility index (Phi) is 7.01. The van der Waals surface area contributed by atoms with Crippen molar-refractivity contribution in [1.82, 2.24) is 19.9 Å². The molecule has 5 rings (SSSR count). The molecule has 4 aromatic rings. The van der Waals surface area contributed by atoms with E-state index < -0.39 is 0 Å². The largest absolute Gasteiger partial charge is 0.375 e. The number of thiocarbonyl (C=S) groups is 1. The van der Waals surface area contributed by atoms with E-state index in [1.54, 1.807) is 12.4 Å². The van der Waals surface area contributed by atoms with Crippen molar-refractivity contribution in [1.29, 1.82) is 0 Å². The fraction of sp³-hybridized carbons (Fsp3) is 0.185. The Labute approximate surface area is 215 Å². The predicted octanol–water partition coefficient (Wildman–Crippen LogP) is 4.09. The second kappa shape index (κ2) is 10.7. The molecule has 3 aromatic heterocycles. The molecule has 1 aliphatic heterocycles. The van der Waals surface area contributed by atoms with Crippen molar-refractivity contribution in [2.75, 3.05) is 23.9 Å². The smallest absolute Gasteiger partial charge is 0.250 e. The van der Waals surface area contributed by atoms with E-state index in [-0.39, 0.29) is 24.6 Å². The highest BCUT2D eigenvalue weighted by Crippen LogP contribution is 2.41. The Bertz CT molecular complexity index is 1330.